The highest BCUT2D eigenvalue weighted by Gasteiger charge is 2.23. The Bertz CT molecular complexity index is 693. The number of anilines is 1. The maximum absolute atomic E-state index is 12.2. The van der Waals surface area contributed by atoms with Crippen molar-refractivity contribution >= 4 is 33.0 Å². The van der Waals surface area contributed by atoms with Gasteiger partial charge >= 0.3 is 0 Å². The molecule has 0 amide bonds. The molecule has 0 radical (unpaired) electrons. The molecule has 1 fully saturated rings. The van der Waals surface area contributed by atoms with Crippen LogP contribution in [0.4, 0.5) is 5.69 Å². The summed E-state index contributed by atoms with van der Waals surface area (Å²) in [6.45, 7) is 3.47. The Hall–Kier alpha value is -1.21. The van der Waals surface area contributed by atoms with Crippen molar-refractivity contribution in [2.75, 3.05) is 11.9 Å². The molecule has 2 aromatic heterocycles. The number of nitrogens with one attached hydrogen (secondary N) is 1. The number of aromatic nitrogens is 3. The van der Waals surface area contributed by atoms with Gasteiger partial charge in [0.15, 0.2) is 0 Å². The van der Waals surface area contributed by atoms with Gasteiger partial charge in [-0.05, 0) is 41.6 Å². The van der Waals surface area contributed by atoms with Crippen molar-refractivity contribution in [2.24, 2.45) is 5.92 Å². The van der Waals surface area contributed by atoms with Crippen molar-refractivity contribution in [3.8, 4) is 0 Å². The first-order valence-corrected chi connectivity index (χ1v) is 8.71. The summed E-state index contributed by atoms with van der Waals surface area (Å²) in [5, 5.41) is 10.6. The van der Waals surface area contributed by atoms with E-state index in [2.05, 4.69) is 36.7 Å². The molecule has 0 saturated heterocycles. The van der Waals surface area contributed by atoms with Crippen LogP contribution in [0.5, 0.6) is 0 Å². The van der Waals surface area contributed by atoms with Gasteiger partial charge in [-0.1, -0.05) is 0 Å². The van der Waals surface area contributed by atoms with E-state index < -0.39 is 0 Å². The molecule has 0 atom stereocenters. The Morgan fingerprint density at radius 3 is 3.00 bits per heavy atom. The zero-order valence-corrected chi connectivity index (χ0v) is 14.2. The second-order valence-electron chi connectivity index (χ2n) is 5.34. The third-order valence-corrected chi connectivity index (χ3v) is 5.06. The predicted octanol–water partition coefficient (Wildman–Crippen LogP) is 2.84. The summed E-state index contributed by atoms with van der Waals surface area (Å²) in [7, 11) is 0. The van der Waals surface area contributed by atoms with E-state index in [4.69, 9.17) is 0 Å². The van der Waals surface area contributed by atoms with Crippen molar-refractivity contribution in [1.82, 2.24) is 14.8 Å². The topological polar surface area (TPSA) is 59.8 Å². The molecule has 5 nitrogen and oxygen atoms in total. The summed E-state index contributed by atoms with van der Waals surface area (Å²) in [6.07, 6.45) is 4.97. The lowest BCUT2D eigenvalue weighted by Gasteiger charge is -2.09. The Labute approximate surface area is 135 Å². The molecule has 112 valence electrons. The lowest BCUT2D eigenvalue weighted by Crippen LogP contribution is -2.25. The third kappa shape index (κ3) is 3.71. The molecule has 0 spiro atoms. The van der Waals surface area contributed by atoms with E-state index in [-0.39, 0.29) is 5.56 Å². The van der Waals surface area contributed by atoms with Gasteiger partial charge in [-0.15, -0.1) is 11.3 Å². The fourth-order valence-electron chi connectivity index (χ4n) is 2.11. The maximum atomic E-state index is 12.2. The first-order valence-electron chi connectivity index (χ1n) is 7.04. The minimum absolute atomic E-state index is 0.0589. The van der Waals surface area contributed by atoms with Crippen LogP contribution in [-0.2, 0) is 13.0 Å². The highest BCUT2D eigenvalue weighted by atomic mass is 79.9. The van der Waals surface area contributed by atoms with Crippen LogP contribution in [0.1, 0.15) is 23.5 Å². The van der Waals surface area contributed by atoms with Gasteiger partial charge in [0, 0.05) is 24.9 Å². The first-order chi connectivity index (χ1) is 10.1. The van der Waals surface area contributed by atoms with Crippen LogP contribution >= 0.6 is 27.3 Å². The Morgan fingerprint density at radius 1 is 1.52 bits per heavy atom. The summed E-state index contributed by atoms with van der Waals surface area (Å²) in [5.41, 5.74) is 1.77. The fourth-order valence-corrected chi connectivity index (χ4v) is 3.21. The van der Waals surface area contributed by atoms with Crippen LogP contribution in [0, 0.1) is 12.8 Å². The maximum Gasteiger partial charge on any atom is 0.283 e. The zero-order valence-electron chi connectivity index (χ0n) is 11.8. The van der Waals surface area contributed by atoms with Crippen LogP contribution in [0.3, 0.4) is 0 Å². The quantitative estimate of drug-likeness (QED) is 0.851. The number of hydrogen-bond acceptors (Lipinski definition) is 5. The largest absolute Gasteiger partial charge is 0.382 e. The van der Waals surface area contributed by atoms with Crippen LogP contribution in [-0.4, -0.2) is 21.3 Å². The number of aryl methyl sites for hydroxylation is 1. The zero-order chi connectivity index (χ0) is 14.8. The number of thiazole rings is 1. The normalized spacial score (nSPS) is 14.4. The molecule has 3 rings (SSSR count). The summed E-state index contributed by atoms with van der Waals surface area (Å²) in [5.74, 6) is 0.633. The Morgan fingerprint density at radius 2 is 2.33 bits per heavy atom. The number of nitrogens with zero attached hydrogens (tertiary/aromatic N) is 3. The summed E-state index contributed by atoms with van der Waals surface area (Å²) in [6, 6.07) is 0. The van der Waals surface area contributed by atoms with Crippen molar-refractivity contribution in [3.05, 3.63) is 37.1 Å². The molecule has 1 aliphatic rings. The monoisotopic (exact) mass is 368 g/mol. The van der Waals surface area contributed by atoms with Gasteiger partial charge in [-0.3, -0.25) is 4.79 Å². The molecule has 0 aromatic carbocycles. The molecule has 1 saturated carbocycles. The van der Waals surface area contributed by atoms with Gasteiger partial charge in [0.2, 0.25) is 0 Å². The number of halogens is 1. The molecule has 7 heteroatoms. The van der Waals surface area contributed by atoms with Gasteiger partial charge < -0.3 is 5.32 Å². The van der Waals surface area contributed by atoms with Crippen LogP contribution in [0.15, 0.2) is 20.8 Å². The molecular weight excluding hydrogens is 352 g/mol. The van der Waals surface area contributed by atoms with E-state index in [0.717, 1.165) is 35.9 Å². The smallest absolute Gasteiger partial charge is 0.283 e. The van der Waals surface area contributed by atoms with Crippen molar-refractivity contribution in [2.45, 2.75) is 32.7 Å². The molecule has 0 aliphatic heterocycles. The molecule has 0 unspecified atom stereocenters. The molecular formula is C14H17BrN4OS. The van der Waals surface area contributed by atoms with E-state index >= 15 is 0 Å². The number of hydrogen-bond donors (Lipinski definition) is 1. The lowest BCUT2D eigenvalue weighted by atomic mass is 10.3. The van der Waals surface area contributed by atoms with Gasteiger partial charge in [0.25, 0.3) is 5.56 Å². The third-order valence-electron chi connectivity index (χ3n) is 3.48. The highest BCUT2D eigenvalue weighted by Crippen LogP contribution is 2.30. The van der Waals surface area contributed by atoms with Crippen LogP contribution in [0.2, 0.25) is 0 Å². The van der Waals surface area contributed by atoms with Crippen molar-refractivity contribution < 1.29 is 0 Å². The standard InChI is InChI=1S/C14H17BrN4OS/c1-9-18-11(8-21-9)4-5-16-12-6-17-19(7-10-2-3-10)14(20)13(12)15/h6,8,10,16H,2-5,7H2,1H3. The average molecular weight is 369 g/mol. The minimum atomic E-state index is -0.0589. The van der Waals surface area contributed by atoms with E-state index in [1.807, 2.05) is 6.92 Å². The van der Waals surface area contributed by atoms with Gasteiger partial charge in [-0.2, -0.15) is 5.10 Å². The molecule has 1 N–H and O–H groups in total. The van der Waals surface area contributed by atoms with Crippen molar-refractivity contribution in [1.29, 1.82) is 0 Å². The number of rotatable bonds is 6. The van der Waals surface area contributed by atoms with Gasteiger partial charge in [0.1, 0.15) is 4.47 Å². The minimum Gasteiger partial charge on any atom is -0.382 e. The highest BCUT2D eigenvalue weighted by molar-refractivity contribution is 9.10. The Kier molecular flexibility index (Phi) is 4.40. The average Bonchev–Trinajstić information content (AvgIpc) is 3.19. The van der Waals surface area contributed by atoms with E-state index in [0.29, 0.717) is 10.4 Å². The van der Waals surface area contributed by atoms with E-state index in [1.165, 1.54) is 12.8 Å². The summed E-state index contributed by atoms with van der Waals surface area (Å²) < 4.78 is 2.11. The fraction of sp³-hybridized carbons (Fsp3) is 0.500. The first kappa shape index (κ1) is 14.7. The van der Waals surface area contributed by atoms with Gasteiger partial charge in [-0.25, -0.2) is 9.67 Å². The molecule has 0 bridgehead atoms. The van der Waals surface area contributed by atoms with Gasteiger partial charge in [0.05, 0.1) is 22.6 Å². The lowest BCUT2D eigenvalue weighted by molar-refractivity contribution is 0.532. The molecule has 21 heavy (non-hydrogen) atoms. The van der Waals surface area contributed by atoms with Crippen LogP contribution < -0.4 is 10.9 Å². The molecule has 1 aliphatic carbocycles. The second-order valence-corrected chi connectivity index (χ2v) is 7.19. The SMILES string of the molecule is Cc1nc(CCNc2cnn(CC3CC3)c(=O)c2Br)cs1. The Balaban J connectivity index is 1.62. The van der Waals surface area contributed by atoms with E-state index in [1.54, 1.807) is 22.2 Å². The molecule has 2 aromatic rings. The summed E-state index contributed by atoms with van der Waals surface area (Å²) in [4.78, 5) is 16.6. The summed E-state index contributed by atoms with van der Waals surface area (Å²) >= 11 is 5.04. The molecule has 2 heterocycles. The van der Waals surface area contributed by atoms with E-state index in [9.17, 15) is 4.79 Å². The van der Waals surface area contributed by atoms with Crippen LogP contribution in [0.25, 0.3) is 0 Å². The second kappa shape index (κ2) is 6.27. The predicted molar refractivity (Wildman–Crippen MR) is 88.0 cm³/mol. The van der Waals surface area contributed by atoms with Crippen molar-refractivity contribution in [3.63, 3.8) is 0 Å².